The predicted octanol–water partition coefficient (Wildman–Crippen LogP) is 1.75. The Morgan fingerprint density at radius 2 is 2.05 bits per heavy atom. The largest absolute Gasteiger partial charge is 0.381 e. The molecule has 116 valence electrons. The zero-order chi connectivity index (χ0) is 14.5. The van der Waals surface area contributed by atoms with Crippen LogP contribution in [0.3, 0.4) is 0 Å². The smallest absolute Gasteiger partial charge is 0.317 e. The van der Waals surface area contributed by atoms with Crippen LogP contribution in [0.5, 0.6) is 0 Å². The lowest BCUT2D eigenvalue weighted by Crippen LogP contribution is -2.54. The van der Waals surface area contributed by atoms with Crippen LogP contribution >= 0.6 is 11.3 Å². The fourth-order valence-corrected chi connectivity index (χ4v) is 3.69. The summed E-state index contributed by atoms with van der Waals surface area (Å²) in [6.45, 7) is 6.01. The third-order valence-corrected chi connectivity index (χ3v) is 5.06. The Morgan fingerprint density at radius 1 is 1.29 bits per heavy atom. The summed E-state index contributed by atoms with van der Waals surface area (Å²) >= 11 is 1.66. The minimum absolute atomic E-state index is 0.0628. The van der Waals surface area contributed by atoms with Crippen LogP contribution < -0.4 is 5.32 Å². The molecule has 1 aromatic heterocycles. The quantitative estimate of drug-likeness (QED) is 0.925. The summed E-state index contributed by atoms with van der Waals surface area (Å²) in [6, 6.07) is 2.76. The molecule has 6 heteroatoms. The van der Waals surface area contributed by atoms with Gasteiger partial charge in [-0.15, -0.1) is 0 Å². The van der Waals surface area contributed by atoms with Gasteiger partial charge in [0.25, 0.3) is 0 Å². The lowest BCUT2D eigenvalue weighted by molar-refractivity contribution is 0.0187. The average molecular weight is 309 g/mol. The van der Waals surface area contributed by atoms with Gasteiger partial charge in [0, 0.05) is 52.0 Å². The molecule has 0 bridgehead atoms. The van der Waals surface area contributed by atoms with Crippen molar-refractivity contribution in [2.45, 2.75) is 25.4 Å². The fraction of sp³-hybridized carbons (Fsp3) is 0.667. The van der Waals surface area contributed by atoms with Crippen LogP contribution in [0, 0.1) is 0 Å². The minimum Gasteiger partial charge on any atom is -0.381 e. The van der Waals surface area contributed by atoms with Crippen molar-refractivity contribution in [3.8, 4) is 0 Å². The number of carbonyl (C=O) groups is 1. The number of nitrogens with one attached hydrogen (secondary N) is 1. The van der Waals surface area contributed by atoms with Gasteiger partial charge in [-0.3, -0.25) is 4.90 Å². The summed E-state index contributed by atoms with van der Waals surface area (Å²) in [5.41, 5.74) is 1.18. The molecule has 0 saturated carbocycles. The Morgan fingerprint density at radius 3 is 2.71 bits per heavy atom. The SMILES string of the molecule is O=C(NCc1ccsc1)N1CCN(C2CCOCC2)CC1. The van der Waals surface area contributed by atoms with Gasteiger partial charge in [0.2, 0.25) is 0 Å². The van der Waals surface area contributed by atoms with E-state index in [1.165, 1.54) is 5.56 Å². The number of urea groups is 1. The highest BCUT2D eigenvalue weighted by Crippen LogP contribution is 2.16. The van der Waals surface area contributed by atoms with Gasteiger partial charge in [0.05, 0.1) is 0 Å². The molecule has 3 heterocycles. The van der Waals surface area contributed by atoms with Gasteiger partial charge in [-0.05, 0) is 35.2 Å². The molecule has 1 aromatic rings. The number of thiophene rings is 1. The van der Waals surface area contributed by atoms with Crippen molar-refractivity contribution >= 4 is 17.4 Å². The molecular formula is C15H23N3O2S. The summed E-state index contributed by atoms with van der Waals surface area (Å²) in [6.07, 6.45) is 2.26. The normalized spacial score (nSPS) is 21.4. The zero-order valence-electron chi connectivity index (χ0n) is 12.3. The molecule has 2 aliphatic rings. The number of amides is 2. The van der Waals surface area contributed by atoms with Crippen molar-refractivity contribution in [3.63, 3.8) is 0 Å². The first-order chi connectivity index (χ1) is 10.3. The number of rotatable bonds is 3. The van der Waals surface area contributed by atoms with Gasteiger partial charge >= 0.3 is 6.03 Å². The van der Waals surface area contributed by atoms with Gasteiger partial charge in [-0.2, -0.15) is 11.3 Å². The predicted molar refractivity (Wildman–Crippen MR) is 83.5 cm³/mol. The maximum atomic E-state index is 12.2. The number of hydrogen-bond acceptors (Lipinski definition) is 4. The molecular weight excluding hydrogens is 286 g/mol. The Kier molecular flexibility index (Phi) is 5.11. The third kappa shape index (κ3) is 3.96. The van der Waals surface area contributed by atoms with Gasteiger partial charge in [0.15, 0.2) is 0 Å². The van der Waals surface area contributed by atoms with Crippen LogP contribution in [0.2, 0.25) is 0 Å². The van der Waals surface area contributed by atoms with E-state index in [0.29, 0.717) is 12.6 Å². The van der Waals surface area contributed by atoms with E-state index in [1.807, 2.05) is 16.3 Å². The van der Waals surface area contributed by atoms with E-state index in [-0.39, 0.29) is 6.03 Å². The van der Waals surface area contributed by atoms with Gasteiger partial charge in [-0.25, -0.2) is 4.79 Å². The van der Waals surface area contributed by atoms with Gasteiger partial charge in [-0.1, -0.05) is 0 Å². The summed E-state index contributed by atoms with van der Waals surface area (Å²) in [4.78, 5) is 16.6. The second-order valence-electron chi connectivity index (χ2n) is 5.66. The average Bonchev–Trinajstić information content (AvgIpc) is 3.07. The summed E-state index contributed by atoms with van der Waals surface area (Å²) in [5, 5.41) is 7.11. The Balaban J connectivity index is 1.41. The Labute approximate surface area is 129 Å². The third-order valence-electron chi connectivity index (χ3n) is 4.33. The summed E-state index contributed by atoms with van der Waals surface area (Å²) in [7, 11) is 0. The summed E-state index contributed by atoms with van der Waals surface area (Å²) in [5.74, 6) is 0. The van der Waals surface area contributed by atoms with Crippen molar-refractivity contribution in [2.24, 2.45) is 0 Å². The lowest BCUT2D eigenvalue weighted by Gasteiger charge is -2.40. The Bertz CT molecular complexity index is 438. The van der Waals surface area contributed by atoms with E-state index < -0.39 is 0 Å². The van der Waals surface area contributed by atoms with Crippen LogP contribution in [-0.2, 0) is 11.3 Å². The number of nitrogens with zero attached hydrogens (tertiary/aromatic N) is 2. The van der Waals surface area contributed by atoms with E-state index in [0.717, 1.165) is 52.2 Å². The molecule has 21 heavy (non-hydrogen) atoms. The van der Waals surface area contributed by atoms with Gasteiger partial charge < -0.3 is 15.0 Å². The van der Waals surface area contributed by atoms with Gasteiger partial charge in [0.1, 0.15) is 0 Å². The molecule has 2 aliphatic heterocycles. The molecule has 3 rings (SSSR count). The van der Waals surface area contributed by atoms with Crippen molar-refractivity contribution < 1.29 is 9.53 Å². The molecule has 0 unspecified atom stereocenters. The van der Waals surface area contributed by atoms with Crippen molar-refractivity contribution in [3.05, 3.63) is 22.4 Å². The highest BCUT2D eigenvalue weighted by Gasteiger charge is 2.27. The first kappa shape index (κ1) is 14.8. The first-order valence-corrected chi connectivity index (χ1v) is 8.63. The van der Waals surface area contributed by atoms with Crippen LogP contribution in [-0.4, -0.2) is 61.3 Å². The molecule has 0 spiro atoms. The summed E-state index contributed by atoms with van der Waals surface area (Å²) < 4.78 is 5.42. The molecule has 0 aromatic carbocycles. The maximum Gasteiger partial charge on any atom is 0.317 e. The lowest BCUT2D eigenvalue weighted by atomic mass is 10.1. The highest BCUT2D eigenvalue weighted by molar-refractivity contribution is 7.07. The molecule has 2 saturated heterocycles. The molecule has 0 radical (unpaired) electrons. The van der Waals surface area contributed by atoms with E-state index in [1.54, 1.807) is 11.3 Å². The second-order valence-corrected chi connectivity index (χ2v) is 6.44. The monoisotopic (exact) mass is 309 g/mol. The molecule has 2 amide bonds. The van der Waals surface area contributed by atoms with E-state index >= 15 is 0 Å². The number of carbonyl (C=O) groups excluding carboxylic acids is 1. The van der Waals surface area contributed by atoms with Crippen LogP contribution in [0.25, 0.3) is 0 Å². The first-order valence-electron chi connectivity index (χ1n) is 7.68. The second kappa shape index (κ2) is 7.24. The van der Waals surface area contributed by atoms with Crippen LogP contribution in [0.1, 0.15) is 18.4 Å². The standard InChI is InChI=1S/C15H23N3O2S/c19-15(16-11-13-3-10-21-12-13)18-6-4-17(5-7-18)14-1-8-20-9-2-14/h3,10,12,14H,1-2,4-9,11H2,(H,16,19). The Hall–Kier alpha value is -1.11. The van der Waals surface area contributed by atoms with E-state index in [4.69, 9.17) is 4.74 Å². The fourth-order valence-electron chi connectivity index (χ4n) is 3.02. The highest BCUT2D eigenvalue weighted by atomic mass is 32.1. The number of piperazine rings is 1. The van der Waals surface area contributed by atoms with Crippen LogP contribution in [0.15, 0.2) is 16.8 Å². The van der Waals surface area contributed by atoms with Crippen molar-refractivity contribution in [2.75, 3.05) is 39.4 Å². The van der Waals surface area contributed by atoms with Crippen molar-refractivity contribution in [1.82, 2.24) is 15.1 Å². The number of ether oxygens (including phenoxy) is 1. The number of hydrogen-bond donors (Lipinski definition) is 1. The molecule has 5 nitrogen and oxygen atoms in total. The van der Waals surface area contributed by atoms with Crippen molar-refractivity contribution in [1.29, 1.82) is 0 Å². The van der Waals surface area contributed by atoms with E-state index in [9.17, 15) is 4.79 Å². The topological polar surface area (TPSA) is 44.8 Å². The maximum absolute atomic E-state index is 12.2. The molecule has 0 atom stereocenters. The molecule has 0 aliphatic carbocycles. The van der Waals surface area contributed by atoms with E-state index in [2.05, 4.69) is 15.6 Å². The van der Waals surface area contributed by atoms with Crippen LogP contribution in [0.4, 0.5) is 4.79 Å². The molecule has 1 N–H and O–H groups in total. The minimum atomic E-state index is 0.0628. The zero-order valence-corrected chi connectivity index (χ0v) is 13.1. The molecule has 2 fully saturated rings.